The first-order chi connectivity index (χ1) is 5.65. The van der Waals surface area contributed by atoms with E-state index in [4.69, 9.17) is 10.5 Å². The normalized spacial score (nSPS) is 9.50. The Morgan fingerprint density at radius 2 is 2.33 bits per heavy atom. The van der Waals surface area contributed by atoms with Crippen LogP contribution in [0.25, 0.3) is 0 Å². The molecule has 1 rings (SSSR count). The Morgan fingerprint density at radius 1 is 1.67 bits per heavy atom. The highest BCUT2D eigenvalue weighted by atomic mass is 16.5. The number of hydrogen-bond donors (Lipinski definition) is 1. The molecule has 1 aromatic heterocycles. The molecule has 0 aliphatic rings. The minimum absolute atomic E-state index is 0.271. The molecule has 0 aliphatic heterocycles. The molecule has 64 valence electrons. The number of carbonyl (C=O) groups excluding carboxylic acids is 1. The third-order valence-corrected chi connectivity index (χ3v) is 1.45. The SMILES string of the molecule is COc1ncc(C)cc1C(N)=O. The first kappa shape index (κ1) is 8.52. The lowest BCUT2D eigenvalue weighted by atomic mass is 10.2. The average molecular weight is 166 g/mol. The minimum Gasteiger partial charge on any atom is -0.480 e. The Balaban J connectivity index is 3.21. The lowest BCUT2D eigenvalue weighted by Gasteiger charge is -2.03. The van der Waals surface area contributed by atoms with Crippen LogP contribution >= 0.6 is 0 Å². The maximum absolute atomic E-state index is 10.8. The van der Waals surface area contributed by atoms with Crippen molar-refractivity contribution in [1.82, 2.24) is 4.98 Å². The number of pyridine rings is 1. The summed E-state index contributed by atoms with van der Waals surface area (Å²) in [5.74, 6) is -0.254. The third kappa shape index (κ3) is 1.53. The predicted molar refractivity (Wildman–Crippen MR) is 44.0 cm³/mol. The van der Waals surface area contributed by atoms with E-state index in [0.717, 1.165) is 5.56 Å². The second kappa shape index (κ2) is 3.21. The van der Waals surface area contributed by atoms with Crippen molar-refractivity contribution in [2.75, 3.05) is 7.11 Å². The fourth-order valence-electron chi connectivity index (χ4n) is 0.896. The first-order valence-corrected chi connectivity index (χ1v) is 3.45. The van der Waals surface area contributed by atoms with Crippen molar-refractivity contribution in [3.63, 3.8) is 0 Å². The van der Waals surface area contributed by atoms with Crippen molar-refractivity contribution in [1.29, 1.82) is 0 Å². The second-order valence-corrected chi connectivity index (χ2v) is 2.43. The van der Waals surface area contributed by atoms with E-state index < -0.39 is 5.91 Å². The van der Waals surface area contributed by atoms with Gasteiger partial charge in [-0.3, -0.25) is 4.79 Å². The van der Waals surface area contributed by atoms with Crippen LogP contribution < -0.4 is 10.5 Å². The van der Waals surface area contributed by atoms with E-state index in [2.05, 4.69) is 4.98 Å². The molecule has 0 fully saturated rings. The van der Waals surface area contributed by atoms with Crippen molar-refractivity contribution in [2.24, 2.45) is 5.73 Å². The number of aromatic nitrogens is 1. The zero-order valence-corrected chi connectivity index (χ0v) is 7.00. The number of ether oxygens (including phenoxy) is 1. The number of methoxy groups -OCH3 is 1. The third-order valence-electron chi connectivity index (χ3n) is 1.45. The summed E-state index contributed by atoms with van der Waals surface area (Å²) in [6, 6.07) is 1.65. The Bertz CT molecular complexity index is 310. The van der Waals surface area contributed by atoms with Gasteiger partial charge in [-0.05, 0) is 18.6 Å². The summed E-state index contributed by atoms with van der Waals surface area (Å²) in [6.45, 7) is 1.83. The summed E-state index contributed by atoms with van der Waals surface area (Å²) >= 11 is 0. The largest absolute Gasteiger partial charge is 0.480 e. The van der Waals surface area contributed by atoms with Gasteiger partial charge < -0.3 is 10.5 Å². The zero-order chi connectivity index (χ0) is 9.14. The summed E-state index contributed by atoms with van der Waals surface area (Å²) < 4.78 is 4.85. The van der Waals surface area contributed by atoms with Crippen molar-refractivity contribution in [2.45, 2.75) is 6.92 Å². The zero-order valence-electron chi connectivity index (χ0n) is 7.00. The standard InChI is InChI=1S/C8H10N2O2/c1-5-3-6(7(9)11)8(12-2)10-4-5/h3-4H,1-2H3,(H2,9,11). The number of nitrogens with two attached hydrogens (primary N) is 1. The highest BCUT2D eigenvalue weighted by Crippen LogP contribution is 2.14. The highest BCUT2D eigenvalue weighted by Gasteiger charge is 2.09. The fourth-order valence-corrected chi connectivity index (χ4v) is 0.896. The molecule has 0 atom stereocenters. The van der Waals surface area contributed by atoms with Crippen LogP contribution in [0.15, 0.2) is 12.3 Å². The van der Waals surface area contributed by atoms with E-state index in [9.17, 15) is 4.79 Å². The van der Waals surface area contributed by atoms with E-state index in [1.165, 1.54) is 7.11 Å². The van der Waals surface area contributed by atoms with Crippen molar-refractivity contribution < 1.29 is 9.53 Å². The molecular formula is C8H10N2O2. The summed E-state index contributed by atoms with van der Waals surface area (Å²) in [7, 11) is 1.45. The Hall–Kier alpha value is -1.58. The number of amides is 1. The number of rotatable bonds is 2. The lowest BCUT2D eigenvalue weighted by molar-refractivity contribution is 0.0996. The van der Waals surface area contributed by atoms with Gasteiger partial charge in [-0.25, -0.2) is 4.98 Å². The Kier molecular flexibility index (Phi) is 2.28. The molecule has 2 N–H and O–H groups in total. The highest BCUT2D eigenvalue weighted by molar-refractivity contribution is 5.95. The van der Waals surface area contributed by atoms with Crippen LogP contribution in [-0.2, 0) is 0 Å². The van der Waals surface area contributed by atoms with E-state index in [1.807, 2.05) is 6.92 Å². The van der Waals surface area contributed by atoms with Crippen LogP contribution in [0.5, 0.6) is 5.88 Å². The molecule has 4 heteroatoms. The van der Waals surface area contributed by atoms with Gasteiger partial charge in [0.25, 0.3) is 5.91 Å². The van der Waals surface area contributed by atoms with E-state index >= 15 is 0 Å². The maximum atomic E-state index is 10.8. The van der Waals surface area contributed by atoms with Gasteiger partial charge in [0.05, 0.1) is 7.11 Å². The molecule has 0 unspecified atom stereocenters. The molecule has 1 heterocycles. The van der Waals surface area contributed by atoms with Crippen molar-refractivity contribution >= 4 is 5.91 Å². The maximum Gasteiger partial charge on any atom is 0.254 e. The molecule has 0 radical (unpaired) electrons. The number of primary amides is 1. The molecule has 0 saturated carbocycles. The molecule has 0 saturated heterocycles. The summed E-state index contributed by atoms with van der Waals surface area (Å²) in [5, 5.41) is 0. The number of hydrogen-bond acceptors (Lipinski definition) is 3. The van der Waals surface area contributed by atoms with E-state index in [1.54, 1.807) is 12.3 Å². The quantitative estimate of drug-likeness (QED) is 0.695. The minimum atomic E-state index is -0.525. The number of nitrogens with zero attached hydrogens (tertiary/aromatic N) is 1. The first-order valence-electron chi connectivity index (χ1n) is 3.45. The van der Waals surface area contributed by atoms with Gasteiger partial charge in [0.15, 0.2) is 0 Å². The number of aryl methyl sites for hydroxylation is 1. The molecule has 0 spiro atoms. The van der Waals surface area contributed by atoms with E-state index in [0.29, 0.717) is 5.56 Å². The van der Waals surface area contributed by atoms with Gasteiger partial charge in [0, 0.05) is 6.20 Å². The van der Waals surface area contributed by atoms with Gasteiger partial charge in [0.1, 0.15) is 5.56 Å². The topological polar surface area (TPSA) is 65.2 Å². The van der Waals surface area contributed by atoms with Crippen LogP contribution in [0.4, 0.5) is 0 Å². The molecule has 4 nitrogen and oxygen atoms in total. The lowest BCUT2D eigenvalue weighted by Crippen LogP contribution is -2.13. The molecule has 1 amide bonds. The van der Waals surface area contributed by atoms with Gasteiger partial charge in [-0.15, -0.1) is 0 Å². The van der Waals surface area contributed by atoms with Gasteiger partial charge in [0.2, 0.25) is 5.88 Å². The summed E-state index contributed by atoms with van der Waals surface area (Å²) in [4.78, 5) is 14.7. The second-order valence-electron chi connectivity index (χ2n) is 2.43. The summed E-state index contributed by atoms with van der Waals surface area (Å²) in [6.07, 6.45) is 1.62. The Morgan fingerprint density at radius 3 is 2.83 bits per heavy atom. The van der Waals surface area contributed by atoms with Crippen LogP contribution in [0.3, 0.4) is 0 Å². The smallest absolute Gasteiger partial charge is 0.254 e. The van der Waals surface area contributed by atoms with Crippen molar-refractivity contribution in [3.8, 4) is 5.88 Å². The van der Waals surface area contributed by atoms with Crippen LogP contribution in [-0.4, -0.2) is 18.0 Å². The van der Waals surface area contributed by atoms with Crippen LogP contribution in [0, 0.1) is 6.92 Å². The number of carbonyl (C=O) groups is 1. The van der Waals surface area contributed by atoms with Crippen molar-refractivity contribution in [3.05, 3.63) is 23.4 Å². The van der Waals surface area contributed by atoms with Gasteiger partial charge in [-0.1, -0.05) is 0 Å². The predicted octanol–water partition coefficient (Wildman–Crippen LogP) is 0.498. The Labute approximate surface area is 70.4 Å². The fraction of sp³-hybridized carbons (Fsp3) is 0.250. The molecule has 0 aliphatic carbocycles. The van der Waals surface area contributed by atoms with E-state index in [-0.39, 0.29) is 5.88 Å². The molecule has 1 aromatic rings. The summed E-state index contributed by atoms with van der Waals surface area (Å²) in [5.41, 5.74) is 6.30. The molecular weight excluding hydrogens is 156 g/mol. The van der Waals surface area contributed by atoms with Crippen LogP contribution in [0.2, 0.25) is 0 Å². The monoisotopic (exact) mass is 166 g/mol. The average Bonchev–Trinajstić information content (AvgIpc) is 2.04. The van der Waals surface area contributed by atoms with Crippen LogP contribution in [0.1, 0.15) is 15.9 Å². The molecule has 0 aromatic carbocycles. The molecule has 12 heavy (non-hydrogen) atoms. The molecule has 0 bridgehead atoms. The van der Waals surface area contributed by atoms with Gasteiger partial charge >= 0.3 is 0 Å². The van der Waals surface area contributed by atoms with Gasteiger partial charge in [-0.2, -0.15) is 0 Å².